The summed E-state index contributed by atoms with van der Waals surface area (Å²) in [6, 6.07) is 7.36. The Balaban J connectivity index is 1.86. The lowest BCUT2D eigenvalue weighted by molar-refractivity contribution is -0.385. The summed E-state index contributed by atoms with van der Waals surface area (Å²) in [4.78, 5) is 57.8. The molecule has 0 fully saturated rings. The minimum Gasteiger partial charge on any atom is -0.444 e. The molecule has 0 aliphatic carbocycles. The van der Waals surface area contributed by atoms with Crippen molar-refractivity contribution in [3.63, 3.8) is 0 Å². The molecule has 0 saturated carbocycles. The summed E-state index contributed by atoms with van der Waals surface area (Å²) >= 11 is 0. The molecule has 0 radical (unpaired) electrons. The topological polar surface area (TPSA) is 235 Å². The number of hydrogen-bond acceptors (Lipinski definition) is 15. The van der Waals surface area contributed by atoms with Gasteiger partial charge in [-0.2, -0.15) is 0 Å². The molecule has 300 valence electrons. The first kappa shape index (κ1) is 45.0. The Labute approximate surface area is 313 Å². The SMILES string of the molecule is CC(C)(C)OC(=O)NCCOCCOCCc1cc([N+](=O)[O-])ccc1OC(=O)Oc1ccc([N+](=O)[O-])cc1CCOCCOCCNC(=O)OC(C)(C)C. The van der Waals surface area contributed by atoms with Gasteiger partial charge in [-0.25, -0.2) is 14.4 Å². The highest BCUT2D eigenvalue weighted by Crippen LogP contribution is 2.28. The van der Waals surface area contributed by atoms with Gasteiger partial charge in [0.1, 0.15) is 22.7 Å². The summed E-state index contributed by atoms with van der Waals surface area (Å²) in [5, 5.41) is 28.0. The number of nitro groups is 2. The predicted molar refractivity (Wildman–Crippen MR) is 192 cm³/mol. The van der Waals surface area contributed by atoms with Crippen molar-refractivity contribution in [3.05, 3.63) is 67.8 Å². The first-order valence-corrected chi connectivity index (χ1v) is 17.1. The van der Waals surface area contributed by atoms with Crippen molar-refractivity contribution in [1.29, 1.82) is 0 Å². The third kappa shape index (κ3) is 19.6. The quantitative estimate of drug-likeness (QED) is 0.0510. The highest BCUT2D eigenvalue weighted by atomic mass is 16.7. The van der Waals surface area contributed by atoms with E-state index < -0.39 is 39.4 Å². The minimum atomic E-state index is -1.18. The molecule has 0 bridgehead atoms. The number of alkyl carbamates (subject to hydrolysis) is 2. The van der Waals surface area contributed by atoms with Gasteiger partial charge in [-0.3, -0.25) is 20.2 Å². The molecule has 19 nitrogen and oxygen atoms in total. The zero-order chi connectivity index (χ0) is 40.1. The van der Waals surface area contributed by atoms with Crippen LogP contribution < -0.4 is 20.1 Å². The van der Waals surface area contributed by atoms with E-state index in [1.165, 1.54) is 36.4 Å². The number of nitrogens with zero attached hydrogens (tertiary/aromatic N) is 2. The predicted octanol–water partition coefficient (Wildman–Crippen LogP) is 5.28. The Kier molecular flexibility index (Phi) is 19.1. The van der Waals surface area contributed by atoms with Crippen molar-refractivity contribution in [2.45, 2.75) is 65.6 Å². The first-order valence-electron chi connectivity index (χ1n) is 17.1. The molecule has 0 heterocycles. The number of carbonyl (C=O) groups excluding carboxylic acids is 3. The Bertz CT molecular complexity index is 1430. The molecule has 54 heavy (non-hydrogen) atoms. The summed E-state index contributed by atoms with van der Waals surface area (Å²) in [7, 11) is 0. The molecule has 2 N–H and O–H groups in total. The van der Waals surface area contributed by atoms with Crippen molar-refractivity contribution >= 4 is 29.7 Å². The van der Waals surface area contributed by atoms with Gasteiger partial charge in [0.25, 0.3) is 11.4 Å². The monoisotopic (exact) mass is 766 g/mol. The average Bonchev–Trinajstić information content (AvgIpc) is 3.06. The third-order valence-corrected chi connectivity index (χ3v) is 6.50. The van der Waals surface area contributed by atoms with Crippen molar-refractivity contribution in [3.8, 4) is 11.5 Å². The number of benzene rings is 2. The van der Waals surface area contributed by atoms with Gasteiger partial charge >= 0.3 is 18.3 Å². The fourth-order valence-electron chi connectivity index (χ4n) is 4.24. The standard InChI is InChI=1S/C35H50N4O15/c1-34(2,3)53-31(40)36-13-17-49-21-19-47-15-11-25-23-27(38(43)44)7-9-29(25)51-33(42)52-30-10-8-28(39(45)46)24-26(30)12-16-48-20-22-50-18-14-37-32(41)54-35(4,5)6/h7-10,23-24H,11-22H2,1-6H3,(H,36,40)(H,37,41). The van der Waals surface area contributed by atoms with Crippen LogP contribution in [0.15, 0.2) is 36.4 Å². The van der Waals surface area contributed by atoms with E-state index in [0.717, 1.165) is 0 Å². The largest absolute Gasteiger partial charge is 0.519 e. The summed E-state index contributed by atoms with van der Waals surface area (Å²) in [6.45, 7) is 12.5. The van der Waals surface area contributed by atoms with Gasteiger partial charge in [0, 0.05) is 48.5 Å². The molecule has 0 aliphatic heterocycles. The van der Waals surface area contributed by atoms with E-state index in [1.807, 2.05) is 0 Å². The fraction of sp³-hybridized carbons (Fsp3) is 0.571. The van der Waals surface area contributed by atoms with Crippen molar-refractivity contribution in [2.24, 2.45) is 0 Å². The molecular formula is C35H50N4O15. The smallest absolute Gasteiger partial charge is 0.444 e. The van der Waals surface area contributed by atoms with Gasteiger partial charge in [0.2, 0.25) is 0 Å². The lowest BCUT2D eigenvalue weighted by atomic mass is 10.1. The Hall–Kier alpha value is -5.11. The second-order valence-electron chi connectivity index (χ2n) is 13.4. The number of carbonyl (C=O) groups is 3. The van der Waals surface area contributed by atoms with Crippen molar-refractivity contribution in [1.82, 2.24) is 10.6 Å². The fourth-order valence-corrected chi connectivity index (χ4v) is 4.24. The van der Waals surface area contributed by atoms with Gasteiger partial charge in [0.15, 0.2) is 0 Å². The second kappa shape index (κ2) is 22.8. The highest BCUT2D eigenvalue weighted by Gasteiger charge is 2.20. The van der Waals surface area contributed by atoms with Crippen LogP contribution >= 0.6 is 0 Å². The Morgan fingerprint density at radius 1 is 0.574 bits per heavy atom. The molecule has 2 amide bonds. The molecule has 2 aromatic rings. The maximum Gasteiger partial charge on any atom is 0.519 e. The zero-order valence-electron chi connectivity index (χ0n) is 31.5. The maximum atomic E-state index is 12.9. The summed E-state index contributed by atoms with van der Waals surface area (Å²) in [6.07, 6.45) is -2.02. The molecule has 2 aromatic carbocycles. The zero-order valence-corrected chi connectivity index (χ0v) is 31.5. The molecule has 0 saturated heterocycles. The normalized spacial score (nSPS) is 11.4. The summed E-state index contributed by atoms with van der Waals surface area (Å²) in [5.74, 6) is -0.0153. The minimum absolute atomic E-state index is 0.00763. The summed E-state index contributed by atoms with van der Waals surface area (Å²) in [5.41, 5.74) is -1.09. The number of amides is 2. The number of rotatable bonds is 22. The number of nitro benzene ring substituents is 2. The lowest BCUT2D eigenvalue weighted by Gasteiger charge is -2.19. The van der Waals surface area contributed by atoms with Crippen LogP contribution in [0.5, 0.6) is 11.5 Å². The number of hydrogen-bond donors (Lipinski definition) is 2. The van der Waals surface area contributed by atoms with E-state index in [0.29, 0.717) is 11.1 Å². The van der Waals surface area contributed by atoms with E-state index in [9.17, 15) is 34.6 Å². The van der Waals surface area contributed by atoms with E-state index in [-0.39, 0.29) is 102 Å². The van der Waals surface area contributed by atoms with Crippen LogP contribution in [-0.4, -0.2) is 105 Å². The van der Waals surface area contributed by atoms with Crippen LogP contribution in [0.2, 0.25) is 0 Å². The van der Waals surface area contributed by atoms with E-state index >= 15 is 0 Å². The van der Waals surface area contributed by atoms with Gasteiger partial charge in [0.05, 0.1) is 62.7 Å². The Morgan fingerprint density at radius 3 is 1.26 bits per heavy atom. The third-order valence-electron chi connectivity index (χ3n) is 6.50. The van der Waals surface area contributed by atoms with E-state index in [4.69, 9.17) is 37.9 Å². The molecule has 0 atom stereocenters. The molecule has 0 unspecified atom stereocenters. The molecule has 0 aliphatic rings. The van der Waals surface area contributed by atoms with Gasteiger partial charge in [-0.05, 0) is 66.5 Å². The van der Waals surface area contributed by atoms with Crippen molar-refractivity contribution in [2.75, 3.05) is 65.9 Å². The van der Waals surface area contributed by atoms with Gasteiger partial charge in [-0.1, -0.05) is 0 Å². The lowest BCUT2D eigenvalue weighted by Crippen LogP contribution is -2.34. The molecule has 19 heteroatoms. The summed E-state index contributed by atoms with van der Waals surface area (Å²) < 4.78 is 43.0. The van der Waals surface area contributed by atoms with Crippen LogP contribution in [0, 0.1) is 20.2 Å². The molecule has 0 aromatic heterocycles. The Morgan fingerprint density at radius 2 is 0.926 bits per heavy atom. The van der Waals surface area contributed by atoms with Gasteiger partial charge in [-0.15, -0.1) is 0 Å². The maximum absolute atomic E-state index is 12.9. The van der Waals surface area contributed by atoms with E-state index in [1.54, 1.807) is 41.5 Å². The van der Waals surface area contributed by atoms with Crippen LogP contribution in [0.3, 0.4) is 0 Å². The van der Waals surface area contributed by atoms with Crippen molar-refractivity contribution < 1.29 is 62.1 Å². The number of nitrogens with one attached hydrogen (secondary N) is 2. The average molecular weight is 767 g/mol. The van der Waals surface area contributed by atoms with Gasteiger partial charge < -0.3 is 48.5 Å². The highest BCUT2D eigenvalue weighted by molar-refractivity contribution is 5.69. The van der Waals surface area contributed by atoms with Crippen LogP contribution in [0.1, 0.15) is 52.7 Å². The molecule has 2 rings (SSSR count). The van der Waals surface area contributed by atoms with Crippen LogP contribution in [0.25, 0.3) is 0 Å². The van der Waals surface area contributed by atoms with E-state index in [2.05, 4.69) is 10.6 Å². The first-order chi connectivity index (χ1) is 25.4. The van der Waals surface area contributed by atoms with Crippen LogP contribution in [0.4, 0.5) is 25.8 Å². The molecule has 0 spiro atoms. The number of ether oxygens (including phenoxy) is 8. The second-order valence-corrected chi connectivity index (χ2v) is 13.4. The van der Waals surface area contributed by atoms with Crippen LogP contribution in [-0.2, 0) is 41.3 Å². The molecular weight excluding hydrogens is 716 g/mol. The number of non-ortho nitro benzene ring substituents is 2.